The number of ketones is 1. The minimum absolute atomic E-state index is 0.0127. The molecule has 0 unspecified atom stereocenters. The number of nitrogens with zero attached hydrogens (tertiary/aromatic N) is 3. The van der Waals surface area contributed by atoms with E-state index in [4.69, 9.17) is 33.7 Å². The number of nitrogen functional groups attached to an aromatic ring is 1. The number of carbonyl (C=O) groups excluding carboxylic acids is 2. The number of aromatic amines is 1. The number of halogens is 2. The molecule has 0 amide bonds. The Balaban J connectivity index is 1.79. The summed E-state index contributed by atoms with van der Waals surface area (Å²) in [4.78, 5) is 51.3. The minimum atomic E-state index is -0.951. The van der Waals surface area contributed by atoms with E-state index in [1.165, 1.54) is 4.68 Å². The molecule has 0 aliphatic carbocycles. The van der Waals surface area contributed by atoms with Gasteiger partial charge in [0.25, 0.3) is 5.56 Å². The minimum Gasteiger partial charge on any atom is -0.454 e. The van der Waals surface area contributed by atoms with Crippen molar-refractivity contribution in [2.45, 2.75) is 33.4 Å². The van der Waals surface area contributed by atoms with E-state index in [-0.39, 0.29) is 29.6 Å². The maximum absolute atomic E-state index is 12.6. The molecule has 2 heterocycles. The molecule has 0 spiro atoms. The van der Waals surface area contributed by atoms with Gasteiger partial charge in [-0.1, -0.05) is 48.3 Å². The summed E-state index contributed by atoms with van der Waals surface area (Å²) in [5.74, 6) is -2.04. The van der Waals surface area contributed by atoms with Gasteiger partial charge in [-0.25, -0.2) is 14.3 Å². The molecule has 33 heavy (non-hydrogen) atoms. The van der Waals surface area contributed by atoms with Crippen LogP contribution in [0.15, 0.2) is 33.9 Å². The topological polar surface area (TPSA) is 142 Å². The number of rotatable bonds is 8. The Kier molecular flexibility index (Phi) is 7.39. The van der Waals surface area contributed by atoms with Crippen LogP contribution in [0, 0.1) is 6.92 Å². The number of aryl methyl sites for hydroxylation is 1. The predicted octanol–water partition coefficient (Wildman–Crippen LogP) is 2.43. The lowest BCUT2D eigenvalue weighted by Crippen LogP contribution is -2.37. The van der Waals surface area contributed by atoms with Crippen LogP contribution in [-0.4, -0.2) is 37.7 Å². The third-order valence-electron chi connectivity index (χ3n) is 4.85. The number of hydrogen-bond donors (Lipinski definition) is 2. The van der Waals surface area contributed by atoms with Crippen molar-refractivity contribution in [1.82, 2.24) is 19.3 Å². The molecule has 0 aliphatic rings. The van der Waals surface area contributed by atoms with Crippen molar-refractivity contribution >= 4 is 40.8 Å². The van der Waals surface area contributed by atoms with E-state index in [0.29, 0.717) is 17.1 Å². The third-order valence-corrected chi connectivity index (χ3v) is 5.60. The van der Waals surface area contributed by atoms with Gasteiger partial charge in [-0.2, -0.15) is 5.10 Å². The van der Waals surface area contributed by atoms with Crippen LogP contribution >= 0.6 is 23.2 Å². The first-order chi connectivity index (χ1) is 15.6. The van der Waals surface area contributed by atoms with Crippen molar-refractivity contribution in [3.05, 3.63) is 77.7 Å². The van der Waals surface area contributed by atoms with Crippen molar-refractivity contribution < 1.29 is 14.3 Å². The van der Waals surface area contributed by atoms with Gasteiger partial charge in [0, 0.05) is 11.6 Å². The van der Waals surface area contributed by atoms with Gasteiger partial charge in [-0.15, -0.1) is 0 Å². The van der Waals surface area contributed by atoms with Gasteiger partial charge in [0.2, 0.25) is 5.78 Å². The molecular formula is C21H21Cl2N5O5. The summed E-state index contributed by atoms with van der Waals surface area (Å²) in [6.07, 6.45) is 0.550. The van der Waals surface area contributed by atoms with Gasteiger partial charge < -0.3 is 10.5 Å². The molecule has 2 aromatic heterocycles. The number of carbonyl (C=O) groups is 2. The summed E-state index contributed by atoms with van der Waals surface area (Å²) >= 11 is 12.5. The van der Waals surface area contributed by atoms with Crippen LogP contribution in [0.25, 0.3) is 0 Å². The maximum atomic E-state index is 12.6. The Hall–Kier alpha value is -3.37. The highest BCUT2D eigenvalue weighted by Crippen LogP contribution is 2.24. The Morgan fingerprint density at radius 3 is 2.55 bits per heavy atom. The van der Waals surface area contributed by atoms with E-state index in [2.05, 4.69) is 5.10 Å². The molecule has 174 valence electrons. The summed E-state index contributed by atoms with van der Waals surface area (Å²) in [5.41, 5.74) is 4.76. The Bertz CT molecular complexity index is 1340. The first kappa shape index (κ1) is 24.3. The smallest absolute Gasteiger partial charge is 0.343 e. The highest BCUT2D eigenvalue weighted by Gasteiger charge is 2.25. The summed E-state index contributed by atoms with van der Waals surface area (Å²) in [5, 5.41) is 4.78. The molecular weight excluding hydrogens is 473 g/mol. The number of H-pyrrole nitrogens is 1. The van der Waals surface area contributed by atoms with Gasteiger partial charge in [-0.3, -0.25) is 19.1 Å². The lowest BCUT2D eigenvalue weighted by Gasteiger charge is -2.11. The molecule has 12 heteroatoms. The number of ether oxygens (including phenoxy) is 1. The number of hydrogen-bond acceptors (Lipinski definition) is 7. The monoisotopic (exact) mass is 493 g/mol. The number of esters is 1. The van der Waals surface area contributed by atoms with Crippen LogP contribution in [0.4, 0.5) is 5.82 Å². The summed E-state index contributed by atoms with van der Waals surface area (Å²) < 4.78 is 7.55. The molecule has 0 atom stereocenters. The van der Waals surface area contributed by atoms with Crippen LogP contribution in [0.5, 0.6) is 0 Å². The standard InChI is InChI=1S/C21H21Cl2N5O5/c1-3-8-27-18(24)16(19(30)25-21(27)32)14(29)10-33-20(31)15-11(2)26-28(17(15)23)9-12-6-4-5-7-13(12)22/h4-7H,3,8-10,24H2,1-2H3,(H,25,30,32). The van der Waals surface area contributed by atoms with E-state index in [1.807, 2.05) is 11.1 Å². The van der Waals surface area contributed by atoms with E-state index in [0.717, 1.165) is 10.1 Å². The fourth-order valence-electron chi connectivity index (χ4n) is 3.26. The van der Waals surface area contributed by atoms with Gasteiger partial charge >= 0.3 is 11.7 Å². The Morgan fingerprint density at radius 1 is 1.18 bits per heavy atom. The fraction of sp³-hybridized carbons (Fsp3) is 0.286. The predicted molar refractivity (Wildman–Crippen MR) is 123 cm³/mol. The Labute approximate surface area is 197 Å². The van der Waals surface area contributed by atoms with Crippen LogP contribution < -0.4 is 17.0 Å². The molecule has 0 bridgehead atoms. The molecule has 0 aliphatic heterocycles. The first-order valence-electron chi connectivity index (χ1n) is 9.94. The van der Waals surface area contributed by atoms with Crippen LogP contribution in [0.2, 0.25) is 10.2 Å². The zero-order chi connectivity index (χ0) is 24.3. The summed E-state index contributed by atoms with van der Waals surface area (Å²) in [6.45, 7) is 3.02. The molecule has 10 nitrogen and oxygen atoms in total. The second kappa shape index (κ2) is 10.1. The molecule has 0 saturated heterocycles. The Morgan fingerprint density at radius 2 is 1.88 bits per heavy atom. The van der Waals surface area contributed by atoms with E-state index >= 15 is 0 Å². The quantitative estimate of drug-likeness (QED) is 0.362. The number of benzene rings is 1. The average molecular weight is 494 g/mol. The van der Waals surface area contributed by atoms with E-state index in [9.17, 15) is 19.2 Å². The van der Waals surface area contributed by atoms with Crippen molar-refractivity contribution in [2.75, 3.05) is 12.3 Å². The van der Waals surface area contributed by atoms with Gasteiger partial charge in [0.05, 0.1) is 12.2 Å². The summed E-state index contributed by atoms with van der Waals surface area (Å²) in [7, 11) is 0. The highest BCUT2D eigenvalue weighted by molar-refractivity contribution is 6.33. The SMILES string of the molecule is CCCn1c(N)c(C(=O)COC(=O)c2c(C)nn(Cc3ccccc3Cl)c2Cl)c(=O)[nH]c1=O. The average Bonchev–Trinajstić information content (AvgIpc) is 3.03. The summed E-state index contributed by atoms with van der Waals surface area (Å²) in [6, 6.07) is 7.11. The van der Waals surface area contributed by atoms with Gasteiger partial charge in [0.15, 0.2) is 6.61 Å². The van der Waals surface area contributed by atoms with Crippen LogP contribution in [-0.2, 0) is 17.8 Å². The van der Waals surface area contributed by atoms with Crippen LogP contribution in [0.1, 0.15) is 45.3 Å². The second-order valence-corrected chi connectivity index (χ2v) is 7.94. The number of Topliss-reactive ketones (excluding diaryl/α,β-unsaturated/α-hetero) is 1. The zero-order valence-corrected chi connectivity index (χ0v) is 19.4. The van der Waals surface area contributed by atoms with Crippen molar-refractivity contribution in [1.29, 1.82) is 0 Å². The van der Waals surface area contributed by atoms with Crippen molar-refractivity contribution in [2.24, 2.45) is 0 Å². The second-order valence-electron chi connectivity index (χ2n) is 7.17. The van der Waals surface area contributed by atoms with Crippen molar-refractivity contribution in [3.63, 3.8) is 0 Å². The normalized spacial score (nSPS) is 10.9. The number of anilines is 1. The maximum Gasteiger partial charge on any atom is 0.343 e. The molecule has 0 fully saturated rings. The number of aromatic nitrogens is 4. The molecule has 3 N–H and O–H groups in total. The fourth-order valence-corrected chi connectivity index (χ4v) is 3.76. The molecule has 0 radical (unpaired) electrons. The molecule has 3 rings (SSSR count). The molecule has 1 aromatic carbocycles. The van der Waals surface area contributed by atoms with E-state index in [1.54, 1.807) is 32.0 Å². The van der Waals surface area contributed by atoms with Gasteiger partial charge in [-0.05, 0) is 25.0 Å². The number of nitrogens with one attached hydrogen (secondary N) is 1. The highest BCUT2D eigenvalue weighted by atomic mass is 35.5. The number of nitrogens with two attached hydrogens (primary N) is 1. The molecule has 3 aromatic rings. The van der Waals surface area contributed by atoms with Crippen molar-refractivity contribution in [3.8, 4) is 0 Å². The first-order valence-corrected chi connectivity index (χ1v) is 10.7. The lowest BCUT2D eigenvalue weighted by molar-refractivity contribution is 0.0473. The third kappa shape index (κ3) is 5.01. The largest absolute Gasteiger partial charge is 0.454 e. The zero-order valence-electron chi connectivity index (χ0n) is 17.9. The van der Waals surface area contributed by atoms with Crippen LogP contribution in [0.3, 0.4) is 0 Å². The molecule has 0 saturated carbocycles. The van der Waals surface area contributed by atoms with E-state index < -0.39 is 35.2 Å². The lowest BCUT2D eigenvalue weighted by atomic mass is 10.2. The van der Waals surface area contributed by atoms with Gasteiger partial charge in [0.1, 0.15) is 22.1 Å².